The molecule has 2 fully saturated rings. The van der Waals surface area contributed by atoms with Crippen LogP contribution in [0.2, 0.25) is 0 Å². The van der Waals surface area contributed by atoms with Gasteiger partial charge in [-0.15, -0.1) is 5.10 Å². The van der Waals surface area contributed by atoms with Gasteiger partial charge < -0.3 is 15.0 Å². The van der Waals surface area contributed by atoms with Crippen LogP contribution in [0.15, 0.2) is 24.3 Å². The minimum absolute atomic E-state index is 0.0282. The molecule has 2 atom stereocenters. The first-order chi connectivity index (χ1) is 15.4. The number of ether oxygens (including phenoxy) is 1. The number of halogens is 2. The molecular formula is C22H26F2N6OS. The van der Waals surface area contributed by atoms with E-state index >= 15 is 0 Å². The predicted octanol–water partition coefficient (Wildman–Crippen LogP) is 5.02. The maximum Gasteiger partial charge on any atom is 0.322 e. The van der Waals surface area contributed by atoms with Gasteiger partial charge in [-0.3, -0.25) is 0 Å². The summed E-state index contributed by atoms with van der Waals surface area (Å²) in [5.74, 6) is 0.112. The summed E-state index contributed by atoms with van der Waals surface area (Å²) < 4.78 is 38.9. The van der Waals surface area contributed by atoms with E-state index in [-0.39, 0.29) is 23.8 Å². The second-order valence-electron chi connectivity index (χ2n) is 8.94. The van der Waals surface area contributed by atoms with E-state index < -0.39 is 11.6 Å². The summed E-state index contributed by atoms with van der Waals surface area (Å²) in [5.41, 5.74) is 1.06. The monoisotopic (exact) mass is 460 g/mol. The van der Waals surface area contributed by atoms with Gasteiger partial charge in [-0.25, -0.2) is 13.5 Å². The van der Waals surface area contributed by atoms with Crippen LogP contribution in [0.1, 0.15) is 38.4 Å². The smallest absolute Gasteiger partial charge is 0.322 e. The van der Waals surface area contributed by atoms with Crippen molar-refractivity contribution in [3.8, 4) is 11.8 Å². The van der Waals surface area contributed by atoms with Gasteiger partial charge in [-0.05, 0) is 63.0 Å². The zero-order chi connectivity index (χ0) is 22.4. The Kier molecular flexibility index (Phi) is 5.48. The van der Waals surface area contributed by atoms with Crippen molar-refractivity contribution in [2.75, 3.05) is 23.3 Å². The molecule has 0 amide bonds. The molecule has 1 saturated carbocycles. The van der Waals surface area contributed by atoms with Crippen molar-refractivity contribution in [3.63, 3.8) is 0 Å². The number of nitrogens with zero attached hydrogens (tertiary/aromatic N) is 5. The Balaban J connectivity index is 1.33. The van der Waals surface area contributed by atoms with Crippen LogP contribution in [-0.2, 0) is 0 Å². The van der Waals surface area contributed by atoms with Crippen molar-refractivity contribution in [1.29, 1.82) is 0 Å². The first-order valence-electron chi connectivity index (χ1n) is 10.9. The Labute approximate surface area is 189 Å². The molecule has 170 valence electrons. The van der Waals surface area contributed by atoms with Crippen LogP contribution in [-0.4, -0.2) is 38.3 Å². The highest BCUT2D eigenvalue weighted by Gasteiger charge is 2.43. The number of aromatic nitrogens is 4. The third-order valence-electron chi connectivity index (χ3n) is 6.19. The van der Waals surface area contributed by atoms with E-state index in [0.29, 0.717) is 17.8 Å². The van der Waals surface area contributed by atoms with Gasteiger partial charge in [-0.1, -0.05) is 0 Å². The van der Waals surface area contributed by atoms with Crippen LogP contribution in [0.3, 0.4) is 0 Å². The highest BCUT2D eigenvalue weighted by molar-refractivity contribution is 7.10. The van der Waals surface area contributed by atoms with Crippen molar-refractivity contribution < 1.29 is 13.5 Å². The number of rotatable bonds is 6. The molecule has 2 bridgehead atoms. The molecule has 3 aromatic rings. The Hall–Kier alpha value is -2.75. The number of benzene rings is 1. The van der Waals surface area contributed by atoms with Gasteiger partial charge >= 0.3 is 6.01 Å². The van der Waals surface area contributed by atoms with Gasteiger partial charge in [0.1, 0.15) is 22.4 Å². The molecule has 0 radical (unpaired) electrons. The lowest BCUT2D eigenvalue weighted by Crippen LogP contribution is -2.48. The van der Waals surface area contributed by atoms with E-state index in [0.717, 1.165) is 49.8 Å². The topological polar surface area (TPSA) is 68.1 Å². The van der Waals surface area contributed by atoms with Gasteiger partial charge in [0.2, 0.25) is 5.95 Å². The average molecular weight is 461 g/mol. The highest BCUT2D eigenvalue weighted by Crippen LogP contribution is 2.41. The molecule has 2 aliphatic rings. The van der Waals surface area contributed by atoms with E-state index in [1.807, 2.05) is 20.8 Å². The molecule has 0 spiro atoms. The Morgan fingerprint density at radius 2 is 1.78 bits per heavy atom. The second-order valence-corrected chi connectivity index (χ2v) is 9.73. The number of fused-ring (bicyclic) bond motifs is 2. The SMILES string of the molecule is Cc1cc(N2CC3CCC(C2)C3Nc2nc(Oc3cc(F)cc(F)c3)n(C(C)C)n2)sn1. The summed E-state index contributed by atoms with van der Waals surface area (Å²) in [6.07, 6.45) is 2.32. The zero-order valence-electron chi connectivity index (χ0n) is 18.3. The number of hydrogen-bond acceptors (Lipinski definition) is 7. The number of hydrogen-bond donors (Lipinski definition) is 1. The van der Waals surface area contributed by atoms with Crippen molar-refractivity contribution in [2.45, 2.75) is 45.7 Å². The largest absolute Gasteiger partial charge is 0.424 e. The van der Waals surface area contributed by atoms with E-state index in [1.54, 1.807) is 16.2 Å². The molecule has 2 unspecified atom stereocenters. The van der Waals surface area contributed by atoms with Crippen LogP contribution in [0.5, 0.6) is 11.8 Å². The van der Waals surface area contributed by atoms with Crippen LogP contribution in [0.4, 0.5) is 19.7 Å². The normalized spacial score (nSPS) is 22.6. The Bertz CT molecular complexity index is 1080. The van der Waals surface area contributed by atoms with Gasteiger partial charge in [0, 0.05) is 37.3 Å². The lowest BCUT2D eigenvalue weighted by atomic mass is 9.92. The van der Waals surface area contributed by atoms with Gasteiger partial charge in [0.15, 0.2) is 0 Å². The van der Waals surface area contributed by atoms with Gasteiger partial charge in [0.05, 0.1) is 11.7 Å². The standard InChI is InChI=1S/C22H26F2N6OS/c1-12(2)30-22(31-18-8-16(23)7-17(24)9-18)26-21(27-30)25-20-14-4-5-15(20)11-29(10-14)19-6-13(3)28-32-19/h6-9,12,14-15,20H,4-5,10-11H2,1-3H3,(H,25,27). The fourth-order valence-corrected chi connectivity index (χ4v) is 5.53. The predicted molar refractivity (Wildman–Crippen MR) is 120 cm³/mol. The van der Waals surface area contributed by atoms with E-state index in [9.17, 15) is 8.78 Å². The van der Waals surface area contributed by atoms with Gasteiger partial charge in [0.25, 0.3) is 0 Å². The number of aryl methyl sites for hydroxylation is 1. The number of nitrogens with one attached hydrogen (secondary N) is 1. The van der Waals surface area contributed by atoms with E-state index in [4.69, 9.17) is 4.74 Å². The molecule has 1 aromatic carbocycles. The third kappa shape index (κ3) is 4.15. The third-order valence-corrected chi connectivity index (χ3v) is 7.13. The first-order valence-corrected chi connectivity index (χ1v) is 11.7. The summed E-state index contributed by atoms with van der Waals surface area (Å²) >= 11 is 1.56. The van der Waals surface area contributed by atoms with E-state index in [1.165, 1.54) is 5.00 Å². The highest BCUT2D eigenvalue weighted by atomic mass is 32.1. The Morgan fingerprint density at radius 1 is 1.09 bits per heavy atom. The lowest BCUT2D eigenvalue weighted by Gasteiger charge is -2.38. The minimum Gasteiger partial charge on any atom is -0.424 e. The quantitative estimate of drug-likeness (QED) is 0.557. The lowest BCUT2D eigenvalue weighted by molar-refractivity contribution is 0.372. The molecule has 2 aromatic heterocycles. The molecule has 5 rings (SSSR count). The van der Waals surface area contributed by atoms with E-state index in [2.05, 4.69) is 30.7 Å². The summed E-state index contributed by atoms with van der Waals surface area (Å²) in [4.78, 5) is 6.95. The minimum atomic E-state index is -0.701. The molecule has 7 nitrogen and oxygen atoms in total. The number of anilines is 2. The van der Waals surface area contributed by atoms with Crippen LogP contribution in [0, 0.1) is 30.4 Å². The average Bonchev–Trinajstić information content (AvgIpc) is 3.38. The fourth-order valence-electron chi connectivity index (χ4n) is 4.76. The molecule has 32 heavy (non-hydrogen) atoms. The fraction of sp³-hybridized carbons (Fsp3) is 0.500. The van der Waals surface area contributed by atoms with Crippen molar-refractivity contribution >= 4 is 22.5 Å². The molecule has 1 aliphatic heterocycles. The molecule has 3 heterocycles. The van der Waals surface area contributed by atoms with Crippen molar-refractivity contribution in [1.82, 2.24) is 19.1 Å². The maximum absolute atomic E-state index is 13.6. The molecular weight excluding hydrogens is 434 g/mol. The van der Waals surface area contributed by atoms with Crippen LogP contribution >= 0.6 is 11.5 Å². The summed E-state index contributed by atoms with van der Waals surface area (Å²) in [6.45, 7) is 7.89. The molecule has 10 heteroatoms. The maximum atomic E-state index is 13.6. The van der Waals surface area contributed by atoms with Crippen LogP contribution < -0.4 is 15.0 Å². The summed E-state index contributed by atoms with van der Waals surface area (Å²) in [7, 11) is 0. The zero-order valence-corrected chi connectivity index (χ0v) is 19.1. The van der Waals surface area contributed by atoms with Crippen molar-refractivity contribution in [2.24, 2.45) is 11.8 Å². The molecule has 1 aliphatic carbocycles. The Morgan fingerprint density at radius 3 is 2.38 bits per heavy atom. The van der Waals surface area contributed by atoms with Crippen molar-refractivity contribution in [3.05, 3.63) is 41.6 Å². The summed E-state index contributed by atoms with van der Waals surface area (Å²) in [6, 6.07) is 5.68. The second kappa shape index (κ2) is 8.31. The first kappa shape index (κ1) is 21.1. The summed E-state index contributed by atoms with van der Waals surface area (Å²) in [5, 5.41) is 9.35. The number of piperidine rings is 1. The molecule has 1 saturated heterocycles. The van der Waals surface area contributed by atoms with Gasteiger partial charge in [-0.2, -0.15) is 9.36 Å². The molecule has 1 N–H and O–H groups in total. The van der Waals surface area contributed by atoms with Crippen LogP contribution in [0.25, 0.3) is 0 Å².